The molecule has 1 amide bonds. The topological polar surface area (TPSA) is 81.7 Å². The van der Waals surface area contributed by atoms with Crippen LogP contribution in [0.2, 0.25) is 0 Å². The maximum Gasteiger partial charge on any atom is 0.416 e. The van der Waals surface area contributed by atoms with Gasteiger partial charge in [-0.05, 0) is 37.0 Å². The molecule has 1 aromatic rings. The van der Waals surface area contributed by atoms with Gasteiger partial charge in [0.2, 0.25) is 0 Å². The molecule has 2 aliphatic carbocycles. The first kappa shape index (κ1) is 17.8. The molecule has 3 fully saturated rings. The second-order valence-electron chi connectivity index (χ2n) is 7.16. The largest absolute Gasteiger partial charge is 0.462 e. The standard InChI is InChI=1S/C18H16F3NO5/c19-18(20,21)9-2-1-3-10(6-9)22-13(23)7-26-16(24)14-8-4-11-12(5-8)27-17(25)15(11)14/h1-3,6,8,11-12,14-15H,4-5,7H2,(H,22,23)/t8-,11-,12+,14-,15-/m0/s1. The van der Waals surface area contributed by atoms with Crippen LogP contribution < -0.4 is 5.32 Å². The molecule has 1 saturated heterocycles. The molecule has 0 unspecified atom stereocenters. The van der Waals surface area contributed by atoms with Crippen LogP contribution in [-0.4, -0.2) is 30.6 Å². The SMILES string of the molecule is O=C(COC(=O)[C@H]1[C@H]2C[C@@H]3[C@@H]1C(=O)O[C@@H]3C2)Nc1cccc(C(F)(F)F)c1. The van der Waals surface area contributed by atoms with Gasteiger partial charge in [0.15, 0.2) is 6.61 Å². The third-order valence-electron chi connectivity index (χ3n) is 5.57. The smallest absolute Gasteiger partial charge is 0.416 e. The number of halogens is 3. The molecule has 1 N–H and O–H groups in total. The zero-order valence-corrected chi connectivity index (χ0v) is 14.0. The van der Waals surface area contributed by atoms with Crippen molar-refractivity contribution in [2.75, 3.05) is 11.9 Å². The van der Waals surface area contributed by atoms with Gasteiger partial charge in [-0.25, -0.2) is 0 Å². The quantitative estimate of drug-likeness (QED) is 0.808. The summed E-state index contributed by atoms with van der Waals surface area (Å²) in [7, 11) is 0. The number of carbonyl (C=O) groups excluding carboxylic acids is 3. The Morgan fingerprint density at radius 2 is 2.04 bits per heavy atom. The molecule has 1 aromatic carbocycles. The summed E-state index contributed by atoms with van der Waals surface area (Å²) in [4.78, 5) is 36.2. The molecule has 1 heterocycles. The lowest BCUT2D eigenvalue weighted by atomic mass is 9.80. The second kappa shape index (κ2) is 6.24. The molecule has 0 radical (unpaired) electrons. The van der Waals surface area contributed by atoms with E-state index in [1.165, 1.54) is 12.1 Å². The number of esters is 2. The zero-order valence-electron chi connectivity index (χ0n) is 14.0. The second-order valence-corrected chi connectivity index (χ2v) is 7.16. The first-order valence-corrected chi connectivity index (χ1v) is 8.58. The summed E-state index contributed by atoms with van der Waals surface area (Å²) in [5.74, 6) is -2.84. The molecule has 6 nitrogen and oxygen atoms in total. The summed E-state index contributed by atoms with van der Waals surface area (Å²) in [5.41, 5.74) is -0.943. The van der Waals surface area contributed by atoms with E-state index in [9.17, 15) is 27.6 Å². The third kappa shape index (κ3) is 3.15. The van der Waals surface area contributed by atoms with Crippen LogP contribution in [-0.2, 0) is 30.0 Å². The highest BCUT2D eigenvalue weighted by molar-refractivity contribution is 5.93. The average Bonchev–Trinajstić information content (AvgIpc) is 3.21. The van der Waals surface area contributed by atoms with Gasteiger partial charge in [-0.15, -0.1) is 0 Å². The molecule has 4 rings (SSSR count). The Balaban J connectivity index is 1.34. The van der Waals surface area contributed by atoms with E-state index in [2.05, 4.69) is 5.32 Å². The number of ether oxygens (including phenoxy) is 2. The van der Waals surface area contributed by atoms with Crippen molar-refractivity contribution in [2.24, 2.45) is 23.7 Å². The third-order valence-corrected chi connectivity index (χ3v) is 5.57. The molecule has 0 spiro atoms. The summed E-state index contributed by atoms with van der Waals surface area (Å²) in [6.07, 6.45) is -3.27. The Hall–Kier alpha value is -2.58. The molecule has 2 bridgehead atoms. The number of carbonyl (C=O) groups is 3. The molecular weight excluding hydrogens is 367 g/mol. The van der Waals surface area contributed by atoms with E-state index in [0.29, 0.717) is 6.42 Å². The molecule has 0 aromatic heterocycles. The number of nitrogens with one attached hydrogen (secondary N) is 1. The first-order valence-electron chi connectivity index (χ1n) is 8.58. The Kier molecular flexibility index (Phi) is 4.12. The molecule has 144 valence electrons. The van der Waals surface area contributed by atoms with Gasteiger partial charge < -0.3 is 14.8 Å². The monoisotopic (exact) mass is 383 g/mol. The minimum atomic E-state index is -4.53. The number of fused-ring (bicyclic) bond motifs is 1. The van der Waals surface area contributed by atoms with Crippen molar-refractivity contribution in [2.45, 2.75) is 25.1 Å². The number of hydrogen-bond acceptors (Lipinski definition) is 5. The highest BCUT2D eigenvalue weighted by atomic mass is 19.4. The van der Waals surface area contributed by atoms with Crippen LogP contribution in [0.1, 0.15) is 18.4 Å². The maximum atomic E-state index is 12.7. The van der Waals surface area contributed by atoms with Crippen molar-refractivity contribution in [1.29, 1.82) is 0 Å². The number of rotatable bonds is 4. The van der Waals surface area contributed by atoms with Crippen molar-refractivity contribution < 1.29 is 37.0 Å². The van der Waals surface area contributed by atoms with Crippen molar-refractivity contribution in [3.63, 3.8) is 0 Å². The fourth-order valence-electron chi connectivity index (χ4n) is 4.53. The summed E-state index contributed by atoms with van der Waals surface area (Å²) in [6, 6.07) is 4.16. The fraction of sp³-hybridized carbons (Fsp3) is 0.500. The summed E-state index contributed by atoms with van der Waals surface area (Å²) >= 11 is 0. The van der Waals surface area contributed by atoms with Gasteiger partial charge in [-0.2, -0.15) is 13.2 Å². The summed E-state index contributed by atoms with van der Waals surface area (Å²) < 4.78 is 48.3. The molecule has 5 atom stereocenters. The van der Waals surface area contributed by atoms with Crippen molar-refractivity contribution in [3.8, 4) is 0 Å². The predicted octanol–water partition coefficient (Wildman–Crippen LogP) is 2.38. The van der Waals surface area contributed by atoms with Crippen LogP contribution in [0.25, 0.3) is 0 Å². The zero-order chi connectivity index (χ0) is 19.3. The number of anilines is 1. The lowest BCUT2D eigenvalue weighted by molar-refractivity contribution is -0.157. The van der Waals surface area contributed by atoms with Crippen molar-refractivity contribution >= 4 is 23.5 Å². The van der Waals surface area contributed by atoms with E-state index in [1.54, 1.807) is 0 Å². The van der Waals surface area contributed by atoms with Gasteiger partial charge in [0.25, 0.3) is 5.91 Å². The Morgan fingerprint density at radius 3 is 2.78 bits per heavy atom. The van der Waals surface area contributed by atoms with Crippen LogP contribution in [0.5, 0.6) is 0 Å². The summed E-state index contributed by atoms with van der Waals surface area (Å²) in [5, 5.41) is 2.27. The lowest BCUT2D eigenvalue weighted by Gasteiger charge is -2.22. The van der Waals surface area contributed by atoms with Crippen molar-refractivity contribution in [3.05, 3.63) is 29.8 Å². The maximum absolute atomic E-state index is 12.7. The fourth-order valence-corrected chi connectivity index (χ4v) is 4.53. The predicted molar refractivity (Wildman–Crippen MR) is 84.1 cm³/mol. The number of hydrogen-bond donors (Lipinski definition) is 1. The minimum absolute atomic E-state index is 0.00970. The molecule has 1 aliphatic heterocycles. The average molecular weight is 383 g/mol. The van der Waals surface area contributed by atoms with Gasteiger partial charge in [0, 0.05) is 11.6 Å². The number of benzene rings is 1. The van der Waals surface area contributed by atoms with Gasteiger partial charge in [-0.3, -0.25) is 14.4 Å². The van der Waals surface area contributed by atoms with Crippen LogP contribution in [0.3, 0.4) is 0 Å². The Labute approximate surface area is 152 Å². The van der Waals surface area contributed by atoms with Crippen LogP contribution in [0.4, 0.5) is 18.9 Å². The van der Waals surface area contributed by atoms with E-state index in [1.807, 2.05) is 0 Å². The van der Waals surface area contributed by atoms with E-state index < -0.39 is 42.1 Å². The van der Waals surface area contributed by atoms with E-state index in [-0.39, 0.29) is 29.6 Å². The highest BCUT2D eigenvalue weighted by Gasteiger charge is 2.64. The van der Waals surface area contributed by atoms with E-state index in [0.717, 1.165) is 18.6 Å². The van der Waals surface area contributed by atoms with Crippen LogP contribution in [0.15, 0.2) is 24.3 Å². The van der Waals surface area contributed by atoms with Gasteiger partial charge in [0.1, 0.15) is 6.10 Å². The minimum Gasteiger partial charge on any atom is -0.462 e. The molecule has 9 heteroatoms. The Morgan fingerprint density at radius 1 is 1.26 bits per heavy atom. The van der Waals surface area contributed by atoms with E-state index >= 15 is 0 Å². The molecule has 2 saturated carbocycles. The Bertz CT molecular complexity index is 806. The van der Waals surface area contributed by atoms with Crippen LogP contribution >= 0.6 is 0 Å². The number of alkyl halides is 3. The van der Waals surface area contributed by atoms with Crippen molar-refractivity contribution in [1.82, 2.24) is 0 Å². The van der Waals surface area contributed by atoms with Crippen LogP contribution in [0, 0.1) is 23.7 Å². The summed E-state index contributed by atoms with van der Waals surface area (Å²) in [6.45, 7) is -0.631. The first-order chi connectivity index (χ1) is 12.7. The normalized spacial score (nSPS) is 30.9. The van der Waals surface area contributed by atoms with Gasteiger partial charge in [0.05, 0.1) is 17.4 Å². The molecule has 27 heavy (non-hydrogen) atoms. The van der Waals surface area contributed by atoms with E-state index in [4.69, 9.17) is 9.47 Å². The number of amides is 1. The lowest BCUT2D eigenvalue weighted by Crippen LogP contribution is -2.34. The van der Waals surface area contributed by atoms with Gasteiger partial charge in [-0.1, -0.05) is 6.07 Å². The molecule has 3 aliphatic rings. The van der Waals surface area contributed by atoms with Gasteiger partial charge >= 0.3 is 18.1 Å². The highest BCUT2D eigenvalue weighted by Crippen LogP contribution is 2.57. The molecular formula is C18H16F3NO5.